The van der Waals surface area contributed by atoms with Crippen molar-refractivity contribution in [2.75, 3.05) is 19.7 Å². The van der Waals surface area contributed by atoms with Crippen LogP contribution >= 0.6 is 24.0 Å². The van der Waals surface area contributed by atoms with Gasteiger partial charge in [0, 0.05) is 41.8 Å². The van der Waals surface area contributed by atoms with Gasteiger partial charge in [0.25, 0.3) is 0 Å². The molecule has 1 fully saturated rings. The van der Waals surface area contributed by atoms with Crippen LogP contribution < -0.4 is 4.74 Å². The summed E-state index contributed by atoms with van der Waals surface area (Å²) in [5, 5.41) is 1.88. The minimum Gasteiger partial charge on any atom is -0.474 e. The lowest BCUT2D eigenvalue weighted by atomic mass is 10.2. The number of likely N-dealkylation sites (tertiary alicyclic amines) is 1. The fraction of sp³-hybridized carbons (Fsp3) is 0.364. The van der Waals surface area contributed by atoms with Crippen molar-refractivity contribution >= 4 is 40.8 Å². The number of hydrogen-bond donors (Lipinski definition) is 0. The van der Waals surface area contributed by atoms with E-state index < -0.39 is 0 Å². The van der Waals surface area contributed by atoms with Crippen LogP contribution in [0, 0.1) is 13.8 Å². The average Bonchev–Trinajstić information content (AvgIpc) is 3.21. The molecule has 1 aromatic carbocycles. The first-order valence-electron chi connectivity index (χ1n) is 9.64. The van der Waals surface area contributed by atoms with Gasteiger partial charge in [-0.2, -0.15) is 0 Å². The van der Waals surface area contributed by atoms with E-state index in [4.69, 9.17) is 16.3 Å². The molecule has 3 heterocycles. The standard InChI is InChI=1S/C22H24ClN3O2.ClH/c1-15-16(2)26(14-17-5-7-18(23)8-6-17)21-19(15)9-10-24-22(21)28-13-12-25-11-3-4-20(25)27;/h5-10H,3-4,11-14H2,1-2H3;1H. The summed E-state index contributed by atoms with van der Waals surface area (Å²) in [5.41, 5.74) is 4.59. The number of amides is 1. The molecule has 0 N–H and O–H groups in total. The Hall–Kier alpha value is -2.24. The first kappa shape index (κ1) is 21.5. The van der Waals surface area contributed by atoms with Gasteiger partial charge >= 0.3 is 0 Å². The molecular weight excluding hydrogens is 409 g/mol. The van der Waals surface area contributed by atoms with Crippen molar-refractivity contribution in [3.63, 3.8) is 0 Å². The number of halogens is 2. The summed E-state index contributed by atoms with van der Waals surface area (Å²) in [6, 6.07) is 9.94. The number of nitrogens with zero attached hydrogens (tertiary/aromatic N) is 3. The Morgan fingerprint density at radius 2 is 1.93 bits per heavy atom. The predicted molar refractivity (Wildman–Crippen MR) is 118 cm³/mol. The van der Waals surface area contributed by atoms with Crippen LogP contribution in [-0.2, 0) is 11.3 Å². The lowest BCUT2D eigenvalue weighted by molar-refractivity contribution is -0.128. The summed E-state index contributed by atoms with van der Waals surface area (Å²) in [6.07, 6.45) is 3.38. The summed E-state index contributed by atoms with van der Waals surface area (Å²) in [6.45, 7) is 6.85. The molecule has 1 aliphatic rings. The summed E-state index contributed by atoms with van der Waals surface area (Å²) in [5.74, 6) is 0.835. The van der Waals surface area contributed by atoms with Gasteiger partial charge < -0.3 is 14.2 Å². The van der Waals surface area contributed by atoms with Crippen molar-refractivity contribution in [3.8, 4) is 5.88 Å². The third kappa shape index (κ3) is 4.36. The number of aromatic nitrogens is 2. The molecular formula is C22H25Cl2N3O2. The van der Waals surface area contributed by atoms with E-state index in [1.54, 1.807) is 6.20 Å². The lowest BCUT2D eigenvalue weighted by Crippen LogP contribution is -2.29. The molecule has 154 valence electrons. The topological polar surface area (TPSA) is 47.4 Å². The van der Waals surface area contributed by atoms with E-state index >= 15 is 0 Å². The van der Waals surface area contributed by atoms with Gasteiger partial charge in [-0.25, -0.2) is 4.98 Å². The number of carbonyl (C=O) groups is 1. The summed E-state index contributed by atoms with van der Waals surface area (Å²) in [7, 11) is 0. The maximum atomic E-state index is 11.8. The Labute approximate surface area is 182 Å². The molecule has 1 amide bonds. The van der Waals surface area contributed by atoms with Crippen LogP contribution in [0.2, 0.25) is 5.02 Å². The van der Waals surface area contributed by atoms with Crippen LogP contribution in [0.1, 0.15) is 29.7 Å². The van der Waals surface area contributed by atoms with E-state index in [1.165, 1.54) is 16.8 Å². The minimum atomic E-state index is 0. The first-order chi connectivity index (χ1) is 13.5. The van der Waals surface area contributed by atoms with Crippen LogP contribution in [0.25, 0.3) is 10.9 Å². The van der Waals surface area contributed by atoms with Gasteiger partial charge in [-0.05, 0) is 49.6 Å². The van der Waals surface area contributed by atoms with Crippen LogP contribution in [0.3, 0.4) is 0 Å². The number of aryl methyl sites for hydroxylation is 1. The SMILES string of the molecule is Cc1c(C)n(Cc2ccc(Cl)cc2)c2c(OCCN3CCCC3=O)nccc12.Cl. The van der Waals surface area contributed by atoms with Gasteiger partial charge in [-0.15, -0.1) is 12.4 Å². The highest BCUT2D eigenvalue weighted by molar-refractivity contribution is 6.30. The molecule has 0 spiro atoms. The highest BCUT2D eigenvalue weighted by Crippen LogP contribution is 2.31. The molecule has 0 bridgehead atoms. The number of rotatable bonds is 6. The first-order valence-corrected chi connectivity index (χ1v) is 10.0. The van der Waals surface area contributed by atoms with E-state index in [-0.39, 0.29) is 18.3 Å². The smallest absolute Gasteiger partial charge is 0.238 e. The molecule has 1 aliphatic heterocycles. The largest absolute Gasteiger partial charge is 0.474 e. The van der Waals surface area contributed by atoms with Crippen LogP contribution in [-0.4, -0.2) is 40.1 Å². The number of hydrogen-bond acceptors (Lipinski definition) is 3. The molecule has 5 nitrogen and oxygen atoms in total. The van der Waals surface area contributed by atoms with Crippen molar-refractivity contribution in [1.82, 2.24) is 14.5 Å². The van der Waals surface area contributed by atoms with Gasteiger partial charge in [0.2, 0.25) is 11.8 Å². The van der Waals surface area contributed by atoms with E-state index in [2.05, 4.69) is 23.4 Å². The van der Waals surface area contributed by atoms with Crippen molar-refractivity contribution in [2.45, 2.75) is 33.2 Å². The Bertz CT molecular complexity index is 1020. The number of pyridine rings is 1. The molecule has 0 aliphatic carbocycles. The molecule has 3 aromatic rings. The number of ether oxygens (including phenoxy) is 1. The normalized spacial score (nSPS) is 13.8. The zero-order valence-electron chi connectivity index (χ0n) is 16.7. The second-order valence-corrected chi connectivity index (χ2v) is 7.70. The third-order valence-corrected chi connectivity index (χ3v) is 5.79. The number of carbonyl (C=O) groups excluding carboxylic acids is 1. The van der Waals surface area contributed by atoms with Crippen LogP contribution in [0.5, 0.6) is 5.88 Å². The number of fused-ring (bicyclic) bond motifs is 1. The zero-order valence-corrected chi connectivity index (χ0v) is 18.2. The molecule has 0 saturated carbocycles. The Balaban J connectivity index is 0.00000240. The van der Waals surface area contributed by atoms with Gasteiger partial charge in [0.1, 0.15) is 12.1 Å². The van der Waals surface area contributed by atoms with E-state index in [0.717, 1.165) is 35.4 Å². The fourth-order valence-electron chi connectivity index (χ4n) is 3.83. The summed E-state index contributed by atoms with van der Waals surface area (Å²) < 4.78 is 8.30. The highest BCUT2D eigenvalue weighted by atomic mass is 35.5. The van der Waals surface area contributed by atoms with E-state index in [0.29, 0.717) is 25.5 Å². The quantitative estimate of drug-likeness (QED) is 0.561. The van der Waals surface area contributed by atoms with Crippen LogP contribution in [0.15, 0.2) is 36.5 Å². The van der Waals surface area contributed by atoms with Gasteiger partial charge in [-0.3, -0.25) is 4.79 Å². The lowest BCUT2D eigenvalue weighted by Gasteiger charge is -2.16. The molecule has 7 heteroatoms. The van der Waals surface area contributed by atoms with E-state index in [1.807, 2.05) is 35.2 Å². The monoisotopic (exact) mass is 433 g/mol. The summed E-state index contributed by atoms with van der Waals surface area (Å²) in [4.78, 5) is 18.2. The second-order valence-electron chi connectivity index (χ2n) is 7.27. The molecule has 1 saturated heterocycles. The van der Waals surface area contributed by atoms with Crippen molar-refractivity contribution < 1.29 is 9.53 Å². The number of benzene rings is 1. The predicted octanol–water partition coefficient (Wildman–Crippen LogP) is 4.78. The third-order valence-electron chi connectivity index (χ3n) is 5.54. The highest BCUT2D eigenvalue weighted by Gasteiger charge is 2.21. The van der Waals surface area contributed by atoms with Gasteiger partial charge in [0.15, 0.2) is 0 Å². The molecule has 29 heavy (non-hydrogen) atoms. The minimum absolute atomic E-state index is 0. The Morgan fingerprint density at radius 3 is 2.62 bits per heavy atom. The summed E-state index contributed by atoms with van der Waals surface area (Å²) >= 11 is 6.03. The molecule has 2 aromatic heterocycles. The van der Waals surface area contributed by atoms with Gasteiger partial charge in [0.05, 0.1) is 6.54 Å². The zero-order chi connectivity index (χ0) is 19.7. The molecule has 4 rings (SSSR count). The van der Waals surface area contributed by atoms with Crippen LogP contribution in [0.4, 0.5) is 0 Å². The molecule has 0 radical (unpaired) electrons. The molecule has 0 unspecified atom stereocenters. The van der Waals surface area contributed by atoms with Crippen molar-refractivity contribution in [3.05, 3.63) is 58.4 Å². The maximum Gasteiger partial charge on any atom is 0.238 e. The molecule has 0 atom stereocenters. The Morgan fingerprint density at radius 1 is 1.17 bits per heavy atom. The van der Waals surface area contributed by atoms with Gasteiger partial charge in [-0.1, -0.05) is 23.7 Å². The second kappa shape index (κ2) is 9.06. The Kier molecular flexibility index (Phi) is 6.70. The van der Waals surface area contributed by atoms with E-state index in [9.17, 15) is 4.79 Å². The maximum absolute atomic E-state index is 11.8. The van der Waals surface area contributed by atoms with Crippen molar-refractivity contribution in [1.29, 1.82) is 0 Å². The fourth-order valence-corrected chi connectivity index (χ4v) is 3.96. The average molecular weight is 434 g/mol. The van der Waals surface area contributed by atoms with Crippen molar-refractivity contribution in [2.24, 2.45) is 0 Å².